The lowest BCUT2D eigenvalue weighted by molar-refractivity contribution is -0.385. The van der Waals surface area contributed by atoms with E-state index >= 15 is 0 Å². The average molecular weight is 350 g/mol. The normalized spacial score (nSPS) is 14.6. The minimum Gasteiger partial charge on any atom is -0.495 e. The number of pyridine rings is 2. The van der Waals surface area contributed by atoms with Crippen molar-refractivity contribution >= 4 is 28.8 Å². The van der Waals surface area contributed by atoms with Gasteiger partial charge in [-0.2, -0.15) is 0 Å². The van der Waals surface area contributed by atoms with Gasteiger partial charge >= 0.3 is 0 Å². The van der Waals surface area contributed by atoms with E-state index in [4.69, 9.17) is 16.3 Å². The SMILES string of the molecule is COc1cncc(N2CCN(c3ncc([N+](=O)[O-])cc3Cl)CC2)c1. The zero-order valence-corrected chi connectivity index (χ0v) is 13.8. The van der Waals surface area contributed by atoms with Gasteiger partial charge in [0.25, 0.3) is 5.69 Å². The van der Waals surface area contributed by atoms with Crippen molar-refractivity contribution in [3.05, 3.63) is 45.9 Å². The molecule has 0 atom stereocenters. The van der Waals surface area contributed by atoms with Crippen molar-refractivity contribution in [2.24, 2.45) is 0 Å². The van der Waals surface area contributed by atoms with Gasteiger partial charge in [-0.05, 0) is 0 Å². The number of piperazine rings is 1. The first-order chi connectivity index (χ1) is 11.6. The van der Waals surface area contributed by atoms with E-state index < -0.39 is 4.92 Å². The Labute approximate surface area is 143 Å². The van der Waals surface area contributed by atoms with Gasteiger partial charge < -0.3 is 14.5 Å². The van der Waals surface area contributed by atoms with Crippen LogP contribution in [0.3, 0.4) is 0 Å². The molecule has 2 aromatic rings. The van der Waals surface area contributed by atoms with E-state index in [2.05, 4.69) is 14.9 Å². The molecular weight excluding hydrogens is 334 g/mol. The van der Waals surface area contributed by atoms with Crippen LogP contribution in [-0.4, -0.2) is 48.2 Å². The highest BCUT2D eigenvalue weighted by atomic mass is 35.5. The summed E-state index contributed by atoms with van der Waals surface area (Å²) < 4.78 is 5.20. The number of aromatic nitrogens is 2. The van der Waals surface area contributed by atoms with Crippen LogP contribution in [-0.2, 0) is 0 Å². The third-order valence-electron chi connectivity index (χ3n) is 3.90. The smallest absolute Gasteiger partial charge is 0.289 e. The summed E-state index contributed by atoms with van der Waals surface area (Å²) in [4.78, 5) is 22.8. The van der Waals surface area contributed by atoms with Crippen LogP contribution >= 0.6 is 11.6 Å². The standard InChI is InChI=1S/C15H16ClN5O3/c1-24-13-6-11(8-17-10-13)19-2-4-20(5-3-19)15-14(16)7-12(9-18-15)21(22)23/h6-10H,2-5H2,1H3. The number of ether oxygens (including phenoxy) is 1. The van der Waals surface area contributed by atoms with Crippen molar-refractivity contribution in [2.75, 3.05) is 43.1 Å². The van der Waals surface area contributed by atoms with Crippen LogP contribution in [0.5, 0.6) is 5.75 Å². The van der Waals surface area contributed by atoms with Crippen molar-refractivity contribution in [1.29, 1.82) is 0 Å². The van der Waals surface area contributed by atoms with Crippen LogP contribution in [0.1, 0.15) is 0 Å². The maximum absolute atomic E-state index is 10.8. The van der Waals surface area contributed by atoms with E-state index in [1.165, 1.54) is 12.3 Å². The highest BCUT2D eigenvalue weighted by molar-refractivity contribution is 6.33. The molecule has 0 N–H and O–H groups in total. The summed E-state index contributed by atoms with van der Waals surface area (Å²) in [6, 6.07) is 3.28. The van der Waals surface area contributed by atoms with E-state index in [1.807, 2.05) is 11.0 Å². The lowest BCUT2D eigenvalue weighted by atomic mass is 10.2. The van der Waals surface area contributed by atoms with Gasteiger partial charge in [-0.3, -0.25) is 15.1 Å². The zero-order valence-electron chi connectivity index (χ0n) is 13.1. The predicted octanol–water partition coefficient (Wildman–Crippen LogP) is 2.37. The highest BCUT2D eigenvalue weighted by Gasteiger charge is 2.22. The molecule has 0 bridgehead atoms. The third kappa shape index (κ3) is 3.33. The van der Waals surface area contributed by atoms with Crippen molar-refractivity contribution in [1.82, 2.24) is 9.97 Å². The van der Waals surface area contributed by atoms with Crippen molar-refractivity contribution in [2.45, 2.75) is 0 Å². The predicted molar refractivity (Wildman–Crippen MR) is 91.1 cm³/mol. The Morgan fingerprint density at radius 2 is 1.88 bits per heavy atom. The van der Waals surface area contributed by atoms with E-state index in [0.29, 0.717) is 23.9 Å². The number of anilines is 2. The molecule has 3 rings (SSSR count). The van der Waals surface area contributed by atoms with Gasteiger partial charge in [0, 0.05) is 38.3 Å². The molecule has 1 fully saturated rings. The Kier molecular flexibility index (Phi) is 4.66. The van der Waals surface area contributed by atoms with Crippen LogP contribution in [0.25, 0.3) is 0 Å². The summed E-state index contributed by atoms with van der Waals surface area (Å²) in [6.07, 6.45) is 4.70. The molecule has 24 heavy (non-hydrogen) atoms. The van der Waals surface area contributed by atoms with Crippen LogP contribution in [0.15, 0.2) is 30.7 Å². The number of hydrogen-bond acceptors (Lipinski definition) is 7. The summed E-state index contributed by atoms with van der Waals surface area (Å²) in [6.45, 7) is 2.96. The minimum absolute atomic E-state index is 0.107. The molecule has 2 aromatic heterocycles. The minimum atomic E-state index is -0.504. The van der Waals surface area contributed by atoms with Gasteiger partial charge in [-0.1, -0.05) is 11.6 Å². The van der Waals surface area contributed by atoms with Gasteiger partial charge in [0.15, 0.2) is 0 Å². The lowest BCUT2D eigenvalue weighted by Gasteiger charge is -2.36. The molecule has 1 aliphatic heterocycles. The number of methoxy groups -OCH3 is 1. The monoisotopic (exact) mass is 349 g/mol. The summed E-state index contributed by atoms with van der Waals surface area (Å²) in [7, 11) is 1.61. The highest BCUT2D eigenvalue weighted by Crippen LogP contribution is 2.28. The molecule has 9 heteroatoms. The maximum Gasteiger partial charge on any atom is 0.289 e. The summed E-state index contributed by atoms with van der Waals surface area (Å²) in [5.74, 6) is 1.29. The molecule has 0 radical (unpaired) electrons. The topological polar surface area (TPSA) is 84.6 Å². The van der Waals surface area contributed by atoms with Crippen LogP contribution in [0, 0.1) is 10.1 Å². The van der Waals surface area contributed by atoms with Crippen molar-refractivity contribution < 1.29 is 9.66 Å². The molecule has 0 aliphatic carbocycles. The molecule has 0 saturated carbocycles. The average Bonchev–Trinajstić information content (AvgIpc) is 2.62. The molecule has 1 saturated heterocycles. The Morgan fingerprint density at radius 1 is 1.17 bits per heavy atom. The zero-order chi connectivity index (χ0) is 17.1. The number of nitro groups is 1. The molecule has 3 heterocycles. The molecule has 126 valence electrons. The first-order valence-electron chi connectivity index (χ1n) is 7.37. The number of hydrogen-bond donors (Lipinski definition) is 0. The van der Waals surface area contributed by atoms with E-state index in [0.717, 1.165) is 24.5 Å². The Balaban J connectivity index is 1.69. The fourth-order valence-corrected chi connectivity index (χ4v) is 2.90. The molecule has 0 spiro atoms. The molecule has 8 nitrogen and oxygen atoms in total. The fraction of sp³-hybridized carbons (Fsp3) is 0.333. The van der Waals surface area contributed by atoms with E-state index in [9.17, 15) is 10.1 Å². The van der Waals surface area contributed by atoms with Crippen LogP contribution in [0.4, 0.5) is 17.2 Å². The third-order valence-corrected chi connectivity index (χ3v) is 4.18. The molecule has 0 amide bonds. The first-order valence-corrected chi connectivity index (χ1v) is 7.75. The van der Waals surface area contributed by atoms with Gasteiger partial charge in [0.1, 0.15) is 17.8 Å². The molecule has 1 aliphatic rings. The first kappa shape index (κ1) is 16.3. The number of rotatable bonds is 4. The van der Waals surface area contributed by atoms with E-state index in [1.54, 1.807) is 19.5 Å². The second-order valence-electron chi connectivity index (χ2n) is 5.31. The maximum atomic E-state index is 10.8. The van der Waals surface area contributed by atoms with Crippen molar-refractivity contribution in [3.8, 4) is 5.75 Å². The second kappa shape index (κ2) is 6.88. The summed E-state index contributed by atoms with van der Waals surface area (Å²) in [5, 5.41) is 11.1. The van der Waals surface area contributed by atoms with Crippen LogP contribution < -0.4 is 14.5 Å². The lowest BCUT2D eigenvalue weighted by Crippen LogP contribution is -2.47. The Bertz CT molecular complexity index is 750. The van der Waals surface area contributed by atoms with Gasteiger partial charge in [0.05, 0.1) is 35.1 Å². The fourth-order valence-electron chi connectivity index (χ4n) is 2.62. The van der Waals surface area contributed by atoms with Gasteiger partial charge in [0.2, 0.25) is 0 Å². The quantitative estimate of drug-likeness (QED) is 0.618. The van der Waals surface area contributed by atoms with Gasteiger partial charge in [-0.15, -0.1) is 0 Å². The van der Waals surface area contributed by atoms with Crippen LogP contribution in [0.2, 0.25) is 5.02 Å². The largest absolute Gasteiger partial charge is 0.495 e. The summed E-state index contributed by atoms with van der Waals surface area (Å²) >= 11 is 6.15. The van der Waals surface area contributed by atoms with Gasteiger partial charge in [-0.25, -0.2) is 4.98 Å². The molecule has 0 unspecified atom stereocenters. The summed E-state index contributed by atoms with van der Waals surface area (Å²) in [5.41, 5.74) is 0.890. The second-order valence-corrected chi connectivity index (χ2v) is 5.72. The number of halogens is 1. The molecular formula is C15H16ClN5O3. The Morgan fingerprint density at radius 3 is 2.50 bits per heavy atom. The molecule has 0 aromatic carbocycles. The Hall–Kier alpha value is -2.61. The van der Waals surface area contributed by atoms with E-state index in [-0.39, 0.29) is 5.69 Å². The van der Waals surface area contributed by atoms with Crippen molar-refractivity contribution in [3.63, 3.8) is 0 Å². The number of nitrogens with zero attached hydrogens (tertiary/aromatic N) is 5.